The largest absolute Gasteiger partial charge is 0.419 e. The van der Waals surface area contributed by atoms with Crippen LogP contribution in [0.2, 0.25) is 5.02 Å². The van der Waals surface area contributed by atoms with E-state index in [1.165, 1.54) is 4.57 Å². The zero-order valence-corrected chi connectivity index (χ0v) is 13.9. The molecule has 0 radical (unpaired) electrons. The highest BCUT2D eigenvalue weighted by molar-refractivity contribution is 6.30. The standard InChI is InChI=1S/C18H17ClN2O3/c1-12(13-5-4-6-14(19)11-13)20-17(22)9-10-21-15-7-2-3-8-16(15)24-18(21)23/h2-8,11-12H,9-10H2,1H3,(H,20,22)/t12-/m1/s1. The Bertz CT molecular complexity index is 929. The Labute approximate surface area is 143 Å². The van der Waals surface area contributed by atoms with Gasteiger partial charge in [0.15, 0.2) is 5.58 Å². The number of carbonyl (C=O) groups is 1. The number of aromatic nitrogens is 1. The second kappa shape index (κ2) is 6.93. The van der Waals surface area contributed by atoms with Gasteiger partial charge < -0.3 is 9.73 Å². The van der Waals surface area contributed by atoms with Crippen molar-refractivity contribution < 1.29 is 9.21 Å². The predicted octanol–water partition coefficient (Wildman–Crippen LogP) is 3.52. The number of nitrogens with one attached hydrogen (secondary N) is 1. The summed E-state index contributed by atoms with van der Waals surface area (Å²) >= 11 is 5.97. The van der Waals surface area contributed by atoms with Crippen molar-refractivity contribution in [2.24, 2.45) is 0 Å². The zero-order valence-electron chi connectivity index (χ0n) is 13.2. The van der Waals surface area contributed by atoms with Crippen LogP contribution in [-0.2, 0) is 11.3 Å². The second-order valence-electron chi connectivity index (χ2n) is 5.58. The van der Waals surface area contributed by atoms with E-state index in [1.54, 1.807) is 24.3 Å². The quantitative estimate of drug-likeness (QED) is 0.770. The van der Waals surface area contributed by atoms with Crippen LogP contribution in [0, 0.1) is 0 Å². The number of aryl methyl sites for hydroxylation is 1. The minimum atomic E-state index is -0.452. The smallest absolute Gasteiger partial charge is 0.408 e. The average Bonchev–Trinajstić information content (AvgIpc) is 2.88. The van der Waals surface area contributed by atoms with Gasteiger partial charge in [-0.3, -0.25) is 9.36 Å². The molecule has 1 atom stereocenters. The molecular weight excluding hydrogens is 328 g/mol. The fourth-order valence-electron chi connectivity index (χ4n) is 2.61. The number of amides is 1. The normalized spacial score (nSPS) is 12.2. The van der Waals surface area contributed by atoms with E-state index in [4.69, 9.17) is 16.0 Å². The Balaban J connectivity index is 1.65. The number of carbonyl (C=O) groups excluding carboxylic acids is 1. The number of rotatable bonds is 5. The van der Waals surface area contributed by atoms with E-state index in [0.717, 1.165) is 5.56 Å². The van der Waals surface area contributed by atoms with Crippen LogP contribution in [0.15, 0.2) is 57.7 Å². The van der Waals surface area contributed by atoms with Crippen LogP contribution < -0.4 is 11.1 Å². The van der Waals surface area contributed by atoms with Crippen LogP contribution >= 0.6 is 11.6 Å². The van der Waals surface area contributed by atoms with Gasteiger partial charge in [0.2, 0.25) is 5.91 Å². The van der Waals surface area contributed by atoms with Crippen LogP contribution in [0.5, 0.6) is 0 Å². The number of fused-ring (bicyclic) bond motifs is 1. The van der Waals surface area contributed by atoms with Crippen LogP contribution in [0.3, 0.4) is 0 Å². The molecule has 5 nitrogen and oxygen atoms in total. The van der Waals surface area contributed by atoms with Gasteiger partial charge in [0.05, 0.1) is 11.6 Å². The molecule has 3 rings (SSSR count). The summed E-state index contributed by atoms with van der Waals surface area (Å²) in [7, 11) is 0. The highest BCUT2D eigenvalue weighted by Gasteiger charge is 2.13. The summed E-state index contributed by atoms with van der Waals surface area (Å²) in [5, 5.41) is 3.54. The molecule has 2 aromatic carbocycles. The number of halogens is 1. The summed E-state index contributed by atoms with van der Waals surface area (Å²) < 4.78 is 6.63. The van der Waals surface area contributed by atoms with E-state index in [9.17, 15) is 9.59 Å². The van der Waals surface area contributed by atoms with Crippen molar-refractivity contribution in [2.75, 3.05) is 0 Å². The summed E-state index contributed by atoms with van der Waals surface area (Å²) in [6.45, 7) is 2.16. The molecule has 3 aromatic rings. The minimum Gasteiger partial charge on any atom is -0.408 e. The Morgan fingerprint density at radius 3 is 2.83 bits per heavy atom. The average molecular weight is 345 g/mol. The van der Waals surface area contributed by atoms with Crippen LogP contribution in [-0.4, -0.2) is 10.5 Å². The molecule has 0 saturated carbocycles. The van der Waals surface area contributed by atoms with E-state index < -0.39 is 5.76 Å². The Morgan fingerprint density at radius 2 is 2.04 bits per heavy atom. The van der Waals surface area contributed by atoms with Gasteiger partial charge in [-0.05, 0) is 36.8 Å². The van der Waals surface area contributed by atoms with E-state index in [0.29, 0.717) is 16.1 Å². The number of para-hydroxylation sites is 2. The van der Waals surface area contributed by atoms with Gasteiger partial charge in [-0.1, -0.05) is 35.9 Å². The molecular formula is C18H17ClN2O3. The molecule has 0 aliphatic heterocycles. The van der Waals surface area contributed by atoms with Crippen molar-refractivity contribution in [1.29, 1.82) is 0 Å². The fraction of sp³-hybridized carbons (Fsp3) is 0.222. The van der Waals surface area contributed by atoms with Gasteiger partial charge in [-0.2, -0.15) is 0 Å². The second-order valence-corrected chi connectivity index (χ2v) is 6.02. The first-order chi connectivity index (χ1) is 11.5. The van der Waals surface area contributed by atoms with Crippen molar-refractivity contribution in [3.8, 4) is 0 Å². The molecule has 0 fully saturated rings. The van der Waals surface area contributed by atoms with E-state index in [2.05, 4.69) is 5.32 Å². The maximum Gasteiger partial charge on any atom is 0.419 e. The molecule has 0 bridgehead atoms. The van der Waals surface area contributed by atoms with E-state index in [1.807, 2.05) is 31.2 Å². The molecule has 1 heterocycles. The highest BCUT2D eigenvalue weighted by atomic mass is 35.5. The van der Waals surface area contributed by atoms with Gasteiger partial charge in [0, 0.05) is 18.0 Å². The Hall–Kier alpha value is -2.53. The van der Waals surface area contributed by atoms with Crippen LogP contribution in [0.25, 0.3) is 11.1 Å². The molecule has 0 unspecified atom stereocenters. The maximum absolute atomic E-state index is 12.2. The molecule has 24 heavy (non-hydrogen) atoms. The molecule has 0 aliphatic rings. The van der Waals surface area contributed by atoms with E-state index in [-0.39, 0.29) is 24.9 Å². The van der Waals surface area contributed by atoms with Crippen molar-refractivity contribution in [2.45, 2.75) is 25.9 Å². The minimum absolute atomic E-state index is 0.139. The number of oxazole rings is 1. The third-order valence-electron chi connectivity index (χ3n) is 3.86. The lowest BCUT2D eigenvalue weighted by Crippen LogP contribution is -2.28. The third-order valence-corrected chi connectivity index (χ3v) is 4.10. The first-order valence-corrected chi connectivity index (χ1v) is 8.05. The summed E-state index contributed by atoms with van der Waals surface area (Å²) in [5.74, 6) is -0.591. The number of nitrogens with zero attached hydrogens (tertiary/aromatic N) is 1. The van der Waals surface area contributed by atoms with E-state index >= 15 is 0 Å². The molecule has 1 amide bonds. The zero-order chi connectivity index (χ0) is 17.1. The lowest BCUT2D eigenvalue weighted by atomic mass is 10.1. The fourth-order valence-corrected chi connectivity index (χ4v) is 2.81. The van der Waals surface area contributed by atoms with Crippen molar-refractivity contribution in [3.05, 3.63) is 69.7 Å². The third kappa shape index (κ3) is 3.51. The van der Waals surface area contributed by atoms with Gasteiger partial charge in [0.1, 0.15) is 0 Å². The predicted molar refractivity (Wildman–Crippen MR) is 93.1 cm³/mol. The first-order valence-electron chi connectivity index (χ1n) is 7.68. The topological polar surface area (TPSA) is 64.2 Å². The number of hydrogen-bond acceptors (Lipinski definition) is 3. The summed E-state index contributed by atoms with van der Waals surface area (Å²) in [5.41, 5.74) is 2.15. The Morgan fingerprint density at radius 1 is 1.25 bits per heavy atom. The SMILES string of the molecule is C[C@@H](NC(=O)CCn1c(=O)oc2ccccc21)c1cccc(Cl)c1. The molecule has 124 valence electrons. The lowest BCUT2D eigenvalue weighted by molar-refractivity contribution is -0.121. The number of benzene rings is 2. The monoisotopic (exact) mass is 344 g/mol. The molecule has 0 saturated heterocycles. The van der Waals surface area contributed by atoms with Crippen molar-refractivity contribution >= 4 is 28.6 Å². The van der Waals surface area contributed by atoms with Gasteiger partial charge in [-0.25, -0.2) is 4.79 Å². The highest BCUT2D eigenvalue weighted by Crippen LogP contribution is 2.17. The van der Waals surface area contributed by atoms with Gasteiger partial charge in [-0.15, -0.1) is 0 Å². The molecule has 1 N–H and O–H groups in total. The van der Waals surface area contributed by atoms with Crippen LogP contribution in [0.4, 0.5) is 0 Å². The molecule has 6 heteroatoms. The first kappa shape index (κ1) is 16.3. The molecule has 0 aliphatic carbocycles. The van der Waals surface area contributed by atoms with Crippen LogP contribution in [0.1, 0.15) is 24.9 Å². The summed E-state index contributed by atoms with van der Waals surface area (Å²) in [6, 6.07) is 14.4. The number of hydrogen-bond donors (Lipinski definition) is 1. The van der Waals surface area contributed by atoms with Gasteiger partial charge >= 0.3 is 5.76 Å². The summed E-state index contributed by atoms with van der Waals surface area (Å²) in [4.78, 5) is 24.0. The maximum atomic E-state index is 12.2. The summed E-state index contributed by atoms with van der Waals surface area (Å²) in [6.07, 6.45) is 0.189. The molecule has 1 aromatic heterocycles. The van der Waals surface area contributed by atoms with Crippen molar-refractivity contribution in [3.63, 3.8) is 0 Å². The van der Waals surface area contributed by atoms with Gasteiger partial charge in [0.25, 0.3) is 0 Å². The lowest BCUT2D eigenvalue weighted by Gasteiger charge is -2.14. The van der Waals surface area contributed by atoms with Crippen molar-refractivity contribution in [1.82, 2.24) is 9.88 Å². The Kier molecular flexibility index (Phi) is 4.71. The molecule has 0 spiro atoms.